The highest BCUT2D eigenvalue weighted by molar-refractivity contribution is 9.09. The molecule has 0 saturated carbocycles. The smallest absolute Gasteiger partial charge is 0.227 e. The number of ketones is 1. The number of carbonyl (C=O) groups excluding carboxylic acids is 2. The zero-order chi connectivity index (χ0) is 12.4. The van der Waals surface area contributed by atoms with Crippen LogP contribution in [0.25, 0.3) is 0 Å². The van der Waals surface area contributed by atoms with Gasteiger partial charge in [-0.25, -0.2) is 0 Å². The second-order valence-corrected chi connectivity index (χ2v) is 4.95. The number of carbonyl (C=O) groups is 2. The van der Waals surface area contributed by atoms with Crippen molar-refractivity contribution in [3.05, 3.63) is 29.8 Å². The van der Waals surface area contributed by atoms with Crippen LogP contribution >= 0.6 is 15.9 Å². The van der Waals surface area contributed by atoms with Crippen LogP contribution in [0.5, 0.6) is 0 Å². The molecule has 1 fully saturated rings. The number of halogens is 1. The number of hydrogen-bond acceptors (Lipinski definition) is 2. The monoisotopic (exact) mass is 295 g/mol. The van der Waals surface area contributed by atoms with E-state index in [2.05, 4.69) is 15.9 Å². The predicted molar refractivity (Wildman–Crippen MR) is 70.7 cm³/mol. The van der Waals surface area contributed by atoms with Crippen LogP contribution in [0.2, 0.25) is 0 Å². The minimum absolute atomic E-state index is 0.00399. The van der Waals surface area contributed by atoms with Crippen molar-refractivity contribution < 1.29 is 9.59 Å². The Kier molecular flexibility index (Phi) is 3.62. The molecule has 1 aliphatic heterocycles. The number of alkyl halides is 1. The van der Waals surface area contributed by atoms with E-state index in [0.29, 0.717) is 24.4 Å². The molecule has 2 rings (SSSR count). The first-order chi connectivity index (χ1) is 8.13. The molecule has 0 aliphatic carbocycles. The molecule has 90 valence electrons. The fourth-order valence-corrected chi connectivity index (χ4v) is 2.56. The zero-order valence-corrected chi connectivity index (χ0v) is 11.2. The summed E-state index contributed by atoms with van der Waals surface area (Å²) in [6.07, 6.45) is 0.553. The number of para-hydroxylation sites is 1. The van der Waals surface area contributed by atoms with Crippen molar-refractivity contribution in [3.8, 4) is 0 Å². The molecule has 4 heteroatoms. The third-order valence-electron chi connectivity index (χ3n) is 3.00. The Morgan fingerprint density at radius 2 is 2.18 bits per heavy atom. The third kappa shape index (κ3) is 2.41. The van der Waals surface area contributed by atoms with Crippen LogP contribution in [-0.4, -0.2) is 23.6 Å². The van der Waals surface area contributed by atoms with E-state index in [0.717, 1.165) is 11.0 Å². The Labute approximate surface area is 109 Å². The molecular weight excluding hydrogens is 282 g/mol. The second-order valence-electron chi connectivity index (χ2n) is 4.30. The molecule has 0 aromatic heterocycles. The van der Waals surface area contributed by atoms with Crippen LogP contribution < -0.4 is 4.90 Å². The van der Waals surface area contributed by atoms with Crippen molar-refractivity contribution in [2.24, 2.45) is 5.92 Å². The average Bonchev–Trinajstić information content (AvgIpc) is 2.70. The van der Waals surface area contributed by atoms with Gasteiger partial charge in [-0.1, -0.05) is 28.1 Å². The van der Waals surface area contributed by atoms with E-state index in [9.17, 15) is 9.59 Å². The number of rotatable bonds is 3. The molecule has 0 N–H and O–H groups in total. The van der Waals surface area contributed by atoms with Gasteiger partial charge in [-0.3, -0.25) is 9.59 Å². The highest BCUT2D eigenvalue weighted by atomic mass is 79.9. The van der Waals surface area contributed by atoms with Crippen LogP contribution in [0.3, 0.4) is 0 Å². The summed E-state index contributed by atoms with van der Waals surface area (Å²) in [5.41, 5.74) is 1.37. The molecule has 1 amide bonds. The maximum absolute atomic E-state index is 11.9. The van der Waals surface area contributed by atoms with Crippen LogP contribution in [0.15, 0.2) is 24.3 Å². The quantitative estimate of drug-likeness (QED) is 0.635. The van der Waals surface area contributed by atoms with Gasteiger partial charge in [0.2, 0.25) is 5.91 Å². The summed E-state index contributed by atoms with van der Waals surface area (Å²) in [6.45, 7) is 2.22. The highest BCUT2D eigenvalue weighted by Gasteiger charge is 2.31. The van der Waals surface area contributed by atoms with Crippen LogP contribution in [0, 0.1) is 5.92 Å². The third-order valence-corrected chi connectivity index (χ3v) is 3.91. The van der Waals surface area contributed by atoms with E-state index in [-0.39, 0.29) is 11.7 Å². The van der Waals surface area contributed by atoms with Crippen LogP contribution in [0.4, 0.5) is 5.69 Å². The Hall–Kier alpha value is -1.16. The number of Topliss-reactive ketones (excluding diaryl/α,β-unsaturated/α-hetero) is 1. The van der Waals surface area contributed by atoms with Gasteiger partial charge in [0.25, 0.3) is 0 Å². The van der Waals surface area contributed by atoms with Gasteiger partial charge in [0.1, 0.15) is 0 Å². The SMILES string of the molecule is CC(=O)c1ccccc1N1CC(CBr)CC1=O. The summed E-state index contributed by atoms with van der Waals surface area (Å²) >= 11 is 3.41. The molecule has 0 bridgehead atoms. The van der Waals surface area contributed by atoms with Crippen molar-refractivity contribution in [2.75, 3.05) is 16.8 Å². The number of amides is 1. The summed E-state index contributed by atoms with van der Waals surface area (Å²) < 4.78 is 0. The van der Waals surface area contributed by atoms with Crippen LogP contribution in [-0.2, 0) is 4.79 Å². The maximum Gasteiger partial charge on any atom is 0.227 e. The lowest BCUT2D eigenvalue weighted by Crippen LogP contribution is -2.26. The largest absolute Gasteiger partial charge is 0.311 e. The van der Waals surface area contributed by atoms with E-state index in [1.54, 1.807) is 11.0 Å². The normalized spacial score (nSPS) is 19.8. The molecule has 1 aliphatic rings. The summed E-state index contributed by atoms with van der Waals surface area (Å²) in [5, 5.41) is 0.817. The number of anilines is 1. The minimum Gasteiger partial charge on any atom is -0.311 e. The van der Waals surface area contributed by atoms with E-state index in [1.807, 2.05) is 18.2 Å². The highest BCUT2D eigenvalue weighted by Crippen LogP contribution is 2.29. The Morgan fingerprint density at radius 1 is 1.47 bits per heavy atom. The van der Waals surface area contributed by atoms with Gasteiger partial charge in [0, 0.05) is 23.9 Å². The lowest BCUT2D eigenvalue weighted by atomic mass is 10.1. The zero-order valence-electron chi connectivity index (χ0n) is 9.65. The Bertz CT molecular complexity index is 458. The lowest BCUT2D eigenvalue weighted by Gasteiger charge is -2.19. The maximum atomic E-state index is 11.9. The van der Waals surface area contributed by atoms with Gasteiger partial charge in [0.05, 0.1) is 5.69 Å². The summed E-state index contributed by atoms with van der Waals surface area (Å²) in [7, 11) is 0. The van der Waals surface area contributed by atoms with Gasteiger partial charge in [0.15, 0.2) is 5.78 Å². The average molecular weight is 296 g/mol. The van der Waals surface area contributed by atoms with Gasteiger partial charge in [-0.2, -0.15) is 0 Å². The molecule has 17 heavy (non-hydrogen) atoms. The predicted octanol–water partition coefficient (Wildman–Crippen LogP) is 2.64. The lowest BCUT2D eigenvalue weighted by molar-refractivity contribution is -0.117. The van der Waals surface area contributed by atoms with E-state index >= 15 is 0 Å². The van der Waals surface area contributed by atoms with E-state index in [1.165, 1.54) is 6.92 Å². The fraction of sp³-hybridized carbons (Fsp3) is 0.385. The van der Waals surface area contributed by atoms with Crippen molar-refractivity contribution >= 4 is 33.3 Å². The van der Waals surface area contributed by atoms with Gasteiger partial charge >= 0.3 is 0 Å². The molecule has 3 nitrogen and oxygen atoms in total. The van der Waals surface area contributed by atoms with Crippen molar-refractivity contribution in [3.63, 3.8) is 0 Å². The second kappa shape index (κ2) is 5.00. The molecular formula is C13H14BrNO2. The first kappa shape index (κ1) is 12.3. The van der Waals surface area contributed by atoms with Crippen LogP contribution in [0.1, 0.15) is 23.7 Å². The summed E-state index contributed by atoms with van der Waals surface area (Å²) in [4.78, 5) is 25.2. The van der Waals surface area contributed by atoms with Crippen molar-refractivity contribution in [1.29, 1.82) is 0 Å². The van der Waals surface area contributed by atoms with E-state index in [4.69, 9.17) is 0 Å². The molecule has 1 unspecified atom stereocenters. The van der Waals surface area contributed by atoms with Gasteiger partial charge in [-0.05, 0) is 25.0 Å². The Balaban J connectivity index is 2.35. The number of hydrogen-bond donors (Lipinski definition) is 0. The first-order valence-corrected chi connectivity index (χ1v) is 6.72. The van der Waals surface area contributed by atoms with Crippen molar-refractivity contribution in [2.45, 2.75) is 13.3 Å². The van der Waals surface area contributed by atoms with E-state index < -0.39 is 0 Å². The fourth-order valence-electron chi connectivity index (χ4n) is 2.12. The number of nitrogens with zero attached hydrogens (tertiary/aromatic N) is 1. The molecule has 0 radical (unpaired) electrons. The minimum atomic E-state index is -0.00399. The van der Waals surface area contributed by atoms with Gasteiger partial charge < -0.3 is 4.90 Å². The van der Waals surface area contributed by atoms with Gasteiger partial charge in [-0.15, -0.1) is 0 Å². The molecule has 1 aromatic carbocycles. The van der Waals surface area contributed by atoms with Crippen molar-refractivity contribution in [1.82, 2.24) is 0 Å². The Morgan fingerprint density at radius 3 is 2.76 bits per heavy atom. The number of benzene rings is 1. The topological polar surface area (TPSA) is 37.4 Å². The molecule has 1 aromatic rings. The molecule has 1 saturated heterocycles. The first-order valence-electron chi connectivity index (χ1n) is 5.59. The molecule has 1 atom stereocenters. The summed E-state index contributed by atoms with van der Waals surface area (Å²) in [6, 6.07) is 7.29. The molecule has 1 heterocycles. The standard InChI is InChI=1S/C13H14BrNO2/c1-9(16)11-4-2-3-5-12(11)15-8-10(7-14)6-13(15)17/h2-5,10H,6-8H2,1H3. The summed E-state index contributed by atoms with van der Waals surface area (Å²) in [5.74, 6) is 0.432. The molecule has 0 spiro atoms.